The van der Waals surface area contributed by atoms with E-state index in [1.165, 1.54) is 5.01 Å². The van der Waals surface area contributed by atoms with Crippen LogP contribution in [-0.4, -0.2) is 17.9 Å². The molecular formula is C11H11F3N2. The van der Waals surface area contributed by atoms with Crippen molar-refractivity contribution in [1.82, 2.24) is 0 Å². The second kappa shape index (κ2) is 3.81. The maximum Gasteiger partial charge on any atom is 0.431 e. The Hall–Kier alpha value is -1.52. The Morgan fingerprint density at radius 1 is 1.25 bits per heavy atom. The second-order valence-electron chi connectivity index (χ2n) is 3.78. The summed E-state index contributed by atoms with van der Waals surface area (Å²) < 4.78 is 37.4. The summed E-state index contributed by atoms with van der Waals surface area (Å²) in [6.45, 7) is 1.73. The fourth-order valence-electron chi connectivity index (χ4n) is 1.70. The van der Waals surface area contributed by atoms with Gasteiger partial charge >= 0.3 is 6.18 Å². The first-order valence-electron chi connectivity index (χ1n) is 4.97. The van der Waals surface area contributed by atoms with Gasteiger partial charge in [0.1, 0.15) is 5.71 Å². The minimum Gasteiger partial charge on any atom is -0.262 e. The molecule has 16 heavy (non-hydrogen) atoms. The molecule has 1 aliphatic heterocycles. The predicted molar refractivity (Wildman–Crippen MR) is 56.5 cm³/mol. The number of hydrogen-bond acceptors (Lipinski definition) is 2. The third kappa shape index (κ3) is 2.03. The number of alkyl halides is 3. The highest BCUT2D eigenvalue weighted by molar-refractivity contribution is 5.93. The summed E-state index contributed by atoms with van der Waals surface area (Å²) in [6, 6.07) is 8.63. The molecule has 0 amide bonds. The van der Waals surface area contributed by atoms with Crippen LogP contribution in [0.15, 0.2) is 35.4 Å². The maximum absolute atomic E-state index is 12.5. The Bertz CT molecular complexity index is 397. The second-order valence-corrected chi connectivity index (χ2v) is 3.78. The highest BCUT2D eigenvalue weighted by Crippen LogP contribution is 2.30. The van der Waals surface area contributed by atoms with Crippen LogP contribution in [0.25, 0.3) is 0 Å². The van der Waals surface area contributed by atoms with Gasteiger partial charge in [-0.3, -0.25) is 5.01 Å². The number of benzene rings is 1. The van der Waals surface area contributed by atoms with Crippen molar-refractivity contribution in [3.63, 3.8) is 0 Å². The van der Waals surface area contributed by atoms with Crippen LogP contribution < -0.4 is 5.01 Å². The molecule has 2 rings (SSSR count). The topological polar surface area (TPSA) is 15.6 Å². The van der Waals surface area contributed by atoms with Crippen LogP contribution in [-0.2, 0) is 0 Å². The van der Waals surface area contributed by atoms with Gasteiger partial charge in [0.2, 0.25) is 0 Å². The smallest absolute Gasteiger partial charge is 0.262 e. The quantitative estimate of drug-likeness (QED) is 0.720. The van der Waals surface area contributed by atoms with E-state index in [0.29, 0.717) is 5.69 Å². The molecule has 1 unspecified atom stereocenters. The molecule has 5 heteroatoms. The molecule has 2 nitrogen and oxygen atoms in total. The number of hydrazone groups is 1. The van der Waals surface area contributed by atoms with Crippen LogP contribution in [0.1, 0.15) is 13.3 Å². The monoisotopic (exact) mass is 228 g/mol. The first-order valence-corrected chi connectivity index (χ1v) is 4.97. The zero-order valence-corrected chi connectivity index (χ0v) is 8.70. The molecule has 0 N–H and O–H groups in total. The minimum absolute atomic E-state index is 0.0571. The molecule has 1 aromatic rings. The number of anilines is 1. The Balaban J connectivity index is 2.28. The highest BCUT2D eigenvalue weighted by Gasteiger charge is 2.41. The molecule has 1 heterocycles. The van der Waals surface area contributed by atoms with Crippen LogP contribution in [0.4, 0.5) is 18.9 Å². The van der Waals surface area contributed by atoms with Crippen molar-refractivity contribution < 1.29 is 13.2 Å². The van der Waals surface area contributed by atoms with Crippen molar-refractivity contribution in [2.75, 3.05) is 5.01 Å². The van der Waals surface area contributed by atoms with E-state index in [9.17, 15) is 13.2 Å². The average molecular weight is 228 g/mol. The lowest BCUT2D eigenvalue weighted by molar-refractivity contribution is -0.0600. The number of hydrogen-bond donors (Lipinski definition) is 0. The van der Waals surface area contributed by atoms with Gasteiger partial charge in [-0.1, -0.05) is 18.2 Å². The van der Waals surface area contributed by atoms with E-state index in [4.69, 9.17) is 0 Å². The summed E-state index contributed by atoms with van der Waals surface area (Å²) in [7, 11) is 0. The van der Waals surface area contributed by atoms with E-state index in [1.807, 2.05) is 6.07 Å². The molecule has 0 radical (unpaired) electrons. The Morgan fingerprint density at radius 2 is 1.88 bits per heavy atom. The van der Waals surface area contributed by atoms with Gasteiger partial charge in [-0.05, 0) is 19.1 Å². The van der Waals surface area contributed by atoms with Crippen LogP contribution >= 0.6 is 0 Å². The molecule has 0 spiro atoms. The van der Waals surface area contributed by atoms with E-state index in [1.54, 1.807) is 31.2 Å². The van der Waals surface area contributed by atoms with E-state index >= 15 is 0 Å². The first kappa shape index (κ1) is 11.0. The van der Waals surface area contributed by atoms with Crippen LogP contribution in [0.5, 0.6) is 0 Å². The summed E-state index contributed by atoms with van der Waals surface area (Å²) in [5, 5.41) is 5.06. The Kier molecular flexibility index (Phi) is 2.61. The zero-order valence-electron chi connectivity index (χ0n) is 8.70. The standard InChI is InChI=1S/C11H11F3N2/c1-8-7-10(11(12,13)14)15-16(8)9-5-3-2-4-6-9/h2-6,8H,7H2,1H3. The number of halogens is 3. The predicted octanol–water partition coefficient (Wildman–Crippen LogP) is 3.20. The van der Waals surface area contributed by atoms with Gasteiger partial charge < -0.3 is 0 Å². The van der Waals surface area contributed by atoms with Crippen molar-refractivity contribution in [3.8, 4) is 0 Å². The van der Waals surface area contributed by atoms with Gasteiger partial charge in [-0.15, -0.1) is 0 Å². The summed E-state index contributed by atoms with van der Waals surface area (Å²) in [5.74, 6) is 0. The molecule has 0 bridgehead atoms. The Morgan fingerprint density at radius 3 is 2.38 bits per heavy atom. The normalized spacial score (nSPS) is 21.1. The number of para-hydroxylation sites is 1. The van der Waals surface area contributed by atoms with Crippen molar-refractivity contribution >= 4 is 11.4 Å². The number of rotatable bonds is 1. The summed E-state index contributed by atoms with van der Waals surface area (Å²) >= 11 is 0. The van der Waals surface area contributed by atoms with Gasteiger partial charge in [0.05, 0.1) is 11.7 Å². The van der Waals surface area contributed by atoms with E-state index in [2.05, 4.69) is 5.10 Å². The number of nitrogens with zero attached hydrogens (tertiary/aromatic N) is 2. The minimum atomic E-state index is -4.32. The molecule has 0 fully saturated rings. The van der Waals surface area contributed by atoms with Crippen LogP contribution in [0.3, 0.4) is 0 Å². The summed E-state index contributed by atoms with van der Waals surface area (Å²) in [4.78, 5) is 0. The molecule has 1 aliphatic rings. The van der Waals surface area contributed by atoms with E-state index < -0.39 is 11.9 Å². The molecule has 1 atom stereocenters. The third-order valence-corrected chi connectivity index (χ3v) is 2.48. The van der Waals surface area contributed by atoms with Gasteiger partial charge in [0.15, 0.2) is 0 Å². The first-order chi connectivity index (χ1) is 7.48. The van der Waals surface area contributed by atoms with E-state index in [-0.39, 0.29) is 12.5 Å². The van der Waals surface area contributed by atoms with Gasteiger partial charge in [0, 0.05) is 6.42 Å². The lowest BCUT2D eigenvalue weighted by Gasteiger charge is -2.19. The summed E-state index contributed by atoms with van der Waals surface area (Å²) in [5.41, 5.74) is -0.0156. The summed E-state index contributed by atoms with van der Waals surface area (Å²) in [6.07, 6.45) is -4.38. The molecule has 0 aromatic heterocycles. The van der Waals surface area contributed by atoms with Crippen molar-refractivity contribution in [2.24, 2.45) is 5.10 Å². The van der Waals surface area contributed by atoms with E-state index in [0.717, 1.165) is 0 Å². The van der Waals surface area contributed by atoms with Crippen molar-refractivity contribution in [1.29, 1.82) is 0 Å². The van der Waals surface area contributed by atoms with Crippen LogP contribution in [0.2, 0.25) is 0 Å². The largest absolute Gasteiger partial charge is 0.431 e. The third-order valence-electron chi connectivity index (χ3n) is 2.48. The SMILES string of the molecule is CC1CC(C(F)(F)F)=NN1c1ccccc1. The fraction of sp³-hybridized carbons (Fsp3) is 0.364. The lowest BCUT2D eigenvalue weighted by atomic mass is 10.1. The maximum atomic E-state index is 12.5. The van der Waals surface area contributed by atoms with Crippen molar-refractivity contribution in [3.05, 3.63) is 30.3 Å². The molecule has 0 aliphatic carbocycles. The molecule has 86 valence electrons. The molecule has 1 aromatic carbocycles. The van der Waals surface area contributed by atoms with Gasteiger partial charge in [0.25, 0.3) is 0 Å². The highest BCUT2D eigenvalue weighted by atomic mass is 19.4. The Labute approximate surface area is 91.4 Å². The molecule has 0 saturated carbocycles. The average Bonchev–Trinajstić information content (AvgIpc) is 2.61. The zero-order chi connectivity index (χ0) is 11.8. The van der Waals surface area contributed by atoms with Gasteiger partial charge in [-0.2, -0.15) is 18.3 Å². The van der Waals surface area contributed by atoms with Gasteiger partial charge in [-0.25, -0.2) is 0 Å². The fourth-order valence-corrected chi connectivity index (χ4v) is 1.70. The lowest BCUT2D eigenvalue weighted by Crippen LogP contribution is -2.24. The van der Waals surface area contributed by atoms with Crippen molar-refractivity contribution in [2.45, 2.75) is 25.6 Å². The van der Waals surface area contributed by atoms with Crippen LogP contribution in [0, 0.1) is 0 Å². The molecular weight excluding hydrogens is 217 g/mol. The molecule has 0 saturated heterocycles.